The van der Waals surface area contributed by atoms with E-state index in [2.05, 4.69) is 47.5 Å². The molecule has 0 saturated carbocycles. The molecule has 19 heavy (non-hydrogen) atoms. The lowest BCUT2D eigenvalue weighted by atomic mass is 10.1. The van der Waals surface area contributed by atoms with Crippen LogP contribution < -0.4 is 5.32 Å². The van der Waals surface area contributed by atoms with Crippen LogP contribution in [0.25, 0.3) is 0 Å². The van der Waals surface area contributed by atoms with Crippen LogP contribution in [0.15, 0.2) is 28.8 Å². The minimum absolute atomic E-state index is 0.114. The number of fused-ring (bicyclic) bond motifs is 1. The van der Waals surface area contributed by atoms with Crippen LogP contribution in [0, 0.1) is 0 Å². The van der Waals surface area contributed by atoms with Crippen molar-refractivity contribution in [1.29, 1.82) is 0 Å². The van der Waals surface area contributed by atoms with Crippen molar-refractivity contribution in [3.8, 4) is 0 Å². The van der Waals surface area contributed by atoms with Gasteiger partial charge in [0.05, 0.1) is 5.75 Å². The minimum Gasteiger partial charge on any atom is -0.373 e. The number of thioether (sulfide) groups is 1. The Morgan fingerprint density at radius 3 is 3.05 bits per heavy atom. The molecule has 1 aromatic carbocycles. The summed E-state index contributed by atoms with van der Waals surface area (Å²) in [5.41, 5.74) is 2.48. The van der Waals surface area contributed by atoms with Crippen molar-refractivity contribution in [2.24, 2.45) is 0 Å². The number of benzene rings is 1. The Hall–Kier alpha value is -1.49. The summed E-state index contributed by atoms with van der Waals surface area (Å²) in [4.78, 5) is 4.49. The zero-order valence-corrected chi connectivity index (χ0v) is 11.9. The van der Waals surface area contributed by atoms with Crippen molar-refractivity contribution >= 4 is 17.4 Å². The molecule has 1 N–H and O–H groups in total. The highest BCUT2D eigenvalue weighted by molar-refractivity contribution is 7.99. The second-order valence-electron chi connectivity index (χ2n) is 4.97. The fraction of sp³-hybridized carbons (Fsp3) is 0.429. The maximum atomic E-state index is 5.38. The summed E-state index contributed by atoms with van der Waals surface area (Å²) < 4.78 is 5.38. The van der Waals surface area contributed by atoms with E-state index in [4.69, 9.17) is 4.52 Å². The Morgan fingerprint density at radius 2 is 2.26 bits per heavy atom. The van der Waals surface area contributed by atoms with Crippen LogP contribution in [0.3, 0.4) is 0 Å². The Morgan fingerprint density at radius 1 is 1.42 bits per heavy atom. The van der Waals surface area contributed by atoms with Crippen LogP contribution >= 0.6 is 11.8 Å². The number of rotatable bonds is 4. The fourth-order valence-corrected chi connectivity index (χ4v) is 2.76. The first kappa shape index (κ1) is 12.5. The lowest BCUT2D eigenvalue weighted by Crippen LogP contribution is -2.06. The number of hydrogen-bond acceptors (Lipinski definition) is 5. The predicted octanol–water partition coefficient (Wildman–Crippen LogP) is 3.42. The van der Waals surface area contributed by atoms with Crippen LogP contribution in [-0.4, -0.2) is 15.4 Å². The van der Waals surface area contributed by atoms with Crippen LogP contribution in [0.4, 0.5) is 5.69 Å². The van der Waals surface area contributed by atoms with Crippen molar-refractivity contribution < 1.29 is 4.52 Å². The van der Waals surface area contributed by atoms with Gasteiger partial charge in [-0.15, -0.1) is 0 Å². The van der Waals surface area contributed by atoms with E-state index in [0.29, 0.717) is 11.1 Å². The van der Waals surface area contributed by atoms with Gasteiger partial charge in [-0.2, -0.15) is 16.7 Å². The first-order valence-electron chi connectivity index (χ1n) is 6.51. The molecule has 2 heterocycles. The number of nitrogens with one attached hydrogen (secondary N) is 1. The van der Waals surface area contributed by atoms with Gasteiger partial charge in [-0.05, 0) is 16.9 Å². The maximum absolute atomic E-state index is 5.38. The van der Waals surface area contributed by atoms with Crippen LogP contribution in [0.2, 0.25) is 0 Å². The van der Waals surface area contributed by atoms with Gasteiger partial charge in [0.1, 0.15) is 6.04 Å². The standard InChI is InChI=1S/C14H17N3OS/c1-9(2)19-8-13-16-14(18-17-13)12-7-10-5-3-4-6-11(10)15-12/h3-6,9,12,15H,7-8H2,1-2H3/t12-/m0/s1. The molecule has 0 saturated heterocycles. The monoisotopic (exact) mass is 275 g/mol. The van der Waals surface area contributed by atoms with Gasteiger partial charge in [0, 0.05) is 12.1 Å². The van der Waals surface area contributed by atoms with Gasteiger partial charge in [-0.25, -0.2) is 0 Å². The van der Waals surface area contributed by atoms with Crippen molar-refractivity contribution in [2.75, 3.05) is 5.32 Å². The maximum Gasteiger partial charge on any atom is 0.249 e. The molecule has 0 aliphatic carbocycles. The molecule has 0 unspecified atom stereocenters. The molecule has 0 fully saturated rings. The van der Waals surface area contributed by atoms with Gasteiger partial charge in [0.2, 0.25) is 5.89 Å². The first-order chi connectivity index (χ1) is 9.22. The number of nitrogens with zero attached hydrogens (tertiary/aromatic N) is 2. The minimum atomic E-state index is 0.114. The van der Waals surface area contributed by atoms with E-state index in [9.17, 15) is 0 Å². The molecule has 0 radical (unpaired) electrons. The van der Waals surface area contributed by atoms with Crippen molar-refractivity contribution in [3.05, 3.63) is 41.5 Å². The van der Waals surface area contributed by atoms with Gasteiger partial charge in [-0.1, -0.05) is 37.2 Å². The summed E-state index contributed by atoms with van der Waals surface area (Å²) in [6.07, 6.45) is 0.912. The van der Waals surface area contributed by atoms with E-state index < -0.39 is 0 Å². The van der Waals surface area contributed by atoms with Crippen molar-refractivity contribution in [3.63, 3.8) is 0 Å². The second-order valence-corrected chi connectivity index (χ2v) is 6.53. The molecule has 1 atom stereocenters. The van der Waals surface area contributed by atoms with E-state index in [0.717, 1.165) is 18.0 Å². The van der Waals surface area contributed by atoms with Crippen molar-refractivity contribution in [1.82, 2.24) is 10.1 Å². The molecule has 1 aliphatic heterocycles. The van der Waals surface area contributed by atoms with Crippen molar-refractivity contribution in [2.45, 2.75) is 37.3 Å². The molecule has 0 bridgehead atoms. The first-order valence-corrected chi connectivity index (χ1v) is 7.56. The van der Waals surface area contributed by atoms with Crippen LogP contribution in [0.1, 0.15) is 37.2 Å². The Labute approximate surface area is 117 Å². The number of para-hydroxylation sites is 1. The topological polar surface area (TPSA) is 51.0 Å². The Balaban J connectivity index is 1.68. The zero-order chi connectivity index (χ0) is 13.2. The van der Waals surface area contributed by atoms with Gasteiger partial charge in [0.25, 0.3) is 0 Å². The third kappa shape index (κ3) is 2.76. The second kappa shape index (κ2) is 5.25. The normalized spacial score (nSPS) is 17.5. The molecule has 2 aromatic rings. The van der Waals surface area contributed by atoms with E-state index >= 15 is 0 Å². The number of anilines is 1. The highest BCUT2D eigenvalue weighted by Crippen LogP contribution is 2.33. The van der Waals surface area contributed by atoms with Gasteiger partial charge >= 0.3 is 0 Å². The van der Waals surface area contributed by atoms with Gasteiger partial charge in [-0.3, -0.25) is 0 Å². The fourth-order valence-electron chi connectivity index (χ4n) is 2.16. The molecule has 1 aliphatic rings. The number of aromatic nitrogens is 2. The van der Waals surface area contributed by atoms with Crippen LogP contribution in [-0.2, 0) is 12.2 Å². The molecule has 100 valence electrons. The molecule has 1 aromatic heterocycles. The van der Waals surface area contributed by atoms with Gasteiger partial charge in [0.15, 0.2) is 5.82 Å². The highest BCUT2D eigenvalue weighted by atomic mass is 32.2. The third-order valence-electron chi connectivity index (χ3n) is 3.10. The predicted molar refractivity (Wildman–Crippen MR) is 77.2 cm³/mol. The van der Waals surface area contributed by atoms with Gasteiger partial charge < -0.3 is 9.84 Å². The quantitative estimate of drug-likeness (QED) is 0.926. The highest BCUT2D eigenvalue weighted by Gasteiger charge is 2.26. The average Bonchev–Trinajstić information content (AvgIpc) is 3.02. The summed E-state index contributed by atoms with van der Waals surface area (Å²) >= 11 is 1.82. The molecule has 0 amide bonds. The summed E-state index contributed by atoms with van der Waals surface area (Å²) in [6.45, 7) is 4.33. The number of hydrogen-bond donors (Lipinski definition) is 1. The lowest BCUT2D eigenvalue weighted by molar-refractivity contribution is 0.360. The average molecular weight is 275 g/mol. The lowest BCUT2D eigenvalue weighted by Gasteiger charge is -2.04. The Bertz CT molecular complexity index is 542. The molecule has 0 spiro atoms. The van der Waals surface area contributed by atoms with E-state index in [1.807, 2.05) is 17.8 Å². The molecular weight excluding hydrogens is 258 g/mol. The smallest absolute Gasteiger partial charge is 0.249 e. The summed E-state index contributed by atoms with van der Waals surface area (Å²) in [6, 6.07) is 8.42. The molecule has 4 nitrogen and oxygen atoms in total. The summed E-state index contributed by atoms with van der Waals surface area (Å²) in [7, 11) is 0. The summed E-state index contributed by atoms with van der Waals surface area (Å²) in [5.74, 6) is 2.28. The SMILES string of the molecule is CC(C)SCc1noc([C@@H]2Cc3ccccc3N2)n1. The summed E-state index contributed by atoms with van der Waals surface area (Å²) in [5, 5.41) is 8.05. The molecular formula is C14H17N3OS. The van der Waals surface area contributed by atoms with E-state index in [1.54, 1.807) is 0 Å². The molecule has 3 rings (SSSR count). The van der Waals surface area contributed by atoms with E-state index in [-0.39, 0.29) is 6.04 Å². The zero-order valence-electron chi connectivity index (χ0n) is 11.1. The largest absolute Gasteiger partial charge is 0.373 e. The van der Waals surface area contributed by atoms with E-state index in [1.165, 1.54) is 11.3 Å². The molecule has 5 heteroatoms. The third-order valence-corrected chi connectivity index (χ3v) is 4.19. The Kier molecular flexibility index (Phi) is 3.46. The van der Waals surface area contributed by atoms with Crippen LogP contribution in [0.5, 0.6) is 0 Å².